The Morgan fingerprint density at radius 2 is 1.56 bits per heavy atom. The van der Waals surface area contributed by atoms with Crippen LogP contribution in [0.15, 0.2) is 48.5 Å². The zero-order chi connectivity index (χ0) is 17.4. The Hall–Kier alpha value is -2.18. The van der Waals surface area contributed by atoms with E-state index in [1.807, 2.05) is 31.3 Å². The second-order valence-electron chi connectivity index (χ2n) is 6.46. The molecular weight excluding hydrogens is 335 g/mol. The summed E-state index contributed by atoms with van der Waals surface area (Å²) in [6, 6.07) is 15.3. The van der Waals surface area contributed by atoms with Gasteiger partial charge in [0.15, 0.2) is 4.77 Å². The number of para-hydroxylation sites is 3. The first kappa shape index (κ1) is 16.3. The molecule has 0 atom stereocenters. The Bertz CT molecular complexity index is 953. The standard InChI is InChI=1S/C19H21FN4S/c1-21-17-8-4-5-9-18(17)24(19(21)25)14-22-10-12-23(13-11-22)16-7-3-2-6-15(16)20/h2-9H,10-14H2,1H3. The summed E-state index contributed by atoms with van der Waals surface area (Å²) in [4.78, 5) is 4.49. The van der Waals surface area contributed by atoms with E-state index in [2.05, 4.69) is 31.1 Å². The molecule has 0 aliphatic carbocycles. The number of nitrogens with zero attached hydrogens (tertiary/aromatic N) is 4. The number of fused-ring (bicyclic) bond motifs is 1. The van der Waals surface area contributed by atoms with Gasteiger partial charge in [-0.3, -0.25) is 4.90 Å². The molecule has 130 valence electrons. The number of aryl methyl sites for hydroxylation is 1. The predicted molar refractivity (Wildman–Crippen MR) is 102 cm³/mol. The van der Waals surface area contributed by atoms with E-state index in [1.54, 1.807) is 6.07 Å². The second-order valence-corrected chi connectivity index (χ2v) is 6.82. The van der Waals surface area contributed by atoms with Crippen LogP contribution in [0, 0.1) is 10.6 Å². The van der Waals surface area contributed by atoms with Gasteiger partial charge in [0.25, 0.3) is 0 Å². The molecule has 1 fully saturated rings. The highest BCUT2D eigenvalue weighted by Crippen LogP contribution is 2.21. The molecule has 2 heterocycles. The van der Waals surface area contributed by atoms with Crippen LogP contribution in [0.4, 0.5) is 10.1 Å². The molecule has 2 aromatic carbocycles. The summed E-state index contributed by atoms with van der Waals surface area (Å²) >= 11 is 5.62. The highest BCUT2D eigenvalue weighted by Gasteiger charge is 2.20. The van der Waals surface area contributed by atoms with Crippen LogP contribution in [0.3, 0.4) is 0 Å². The maximum atomic E-state index is 14.0. The topological polar surface area (TPSA) is 16.3 Å². The number of imidazole rings is 1. The molecule has 6 heteroatoms. The number of benzene rings is 2. The van der Waals surface area contributed by atoms with Crippen molar-refractivity contribution in [1.82, 2.24) is 14.0 Å². The second kappa shape index (κ2) is 6.61. The molecule has 0 spiro atoms. The zero-order valence-corrected chi connectivity index (χ0v) is 15.0. The Morgan fingerprint density at radius 1 is 0.920 bits per heavy atom. The lowest BCUT2D eigenvalue weighted by Gasteiger charge is -2.36. The Morgan fingerprint density at radius 3 is 2.28 bits per heavy atom. The minimum Gasteiger partial charge on any atom is -0.367 e. The number of halogens is 1. The van der Waals surface area contributed by atoms with Crippen molar-refractivity contribution < 1.29 is 4.39 Å². The third-order valence-corrected chi connectivity index (χ3v) is 5.45. The van der Waals surface area contributed by atoms with Gasteiger partial charge in [-0.15, -0.1) is 0 Å². The first-order valence-corrected chi connectivity index (χ1v) is 8.92. The summed E-state index contributed by atoms with van der Waals surface area (Å²) in [5.74, 6) is -0.146. The number of rotatable bonds is 3. The molecule has 4 nitrogen and oxygen atoms in total. The normalized spacial score (nSPS) is 15.8. The van der Waals surface area contributed by atoms with Crippen LogP contribution in [-0.2, 0) is 13.7 Å². The highest BCUT2D eigenvalue weighted by molar-refractivity contribution is 7.71. The van der Waals surface area contributed by atoms with E-state index in [9.17, 15) is 4.39 Å². The quantitative estimate of drug-likeness (QED) is 0.667. The minimum atomic E-state index is -0.146. The van der Waals surface area contributed by atoms with Crippen molar-refractivity contribution in [3.63, 3.8) is 0 Å². The largest absolute Gasteiger partial charge is 0.367 e. The number of piperazine rings is 1. The molecule has 0 N–H and O–H groups in total. The smallest absolute Gasteiger partial charge is 0.181 e. The lowest BCUT2D eigenvalue weighted by Crippen LogP contribution is -2.47. The van der Waals surface area contributed by atoms with Gasteiger partial charge in [0.05, 0.1) is 23.4 Å². The summed E-state index contributed by atoms with van der Waals surface area (Å²) in [7, 11) is 2.01. The fraction of sp³-hybridized carbons (Fsp3) is 0.316. The Kier molecular flexibility index (Phi) is 4.31. The SMILES string of the molecule is Cn1c(=S)n(CN2CCN(c3ccccc3F)CC2)c2ccccc21. The van der Waals surface area contributed by atoms with Crippen molar-refractivity contribution in [3.05, 3.63) is 59.1 Å². The Balaban J connectivity index is 1.51. The molecule has 4 rings (SSSR count). The third kappa shape index (κ3) is 2.96. The van der Waals surface area contributed by atoms with Crippen LogP contribution in [0.2, 0.25) is 0 Å². The van der Waals surface area contributed by atoms with Crippen molar-refractivity contribution in [2.45, 2.75) is 6.67 Å². The van der Waals surface area contributed by atoms with Gasteiger partial charge in [0.2, 0.25) is 0 Å². The van der Waals surface area contributed by atoms with Crippen LogP contribution in [0.5, 0.6) is 0 Å². The van der Waals surface area contributed by atoms with Gasteiger partial charge in [0, 0.05) is 33.2 Å². The van der Waals surface area contributed by atoms with E-state index in [1.165, 1.54) is 6.07 Å². The number of aromatic nitrogens is 2. The monoisotopic (exact) mass is 356 g/mol. The van der Waals surface area contributed by atoms with Crippen LogP contribution in [-0.4, -0.2) is 40.2 Å². The van der Waals surface area contributed by atoms with Gasteiger partial charge in [-0.1, -0.05) is 24.3 Å². The van der Waals surface area contributed by atoms with Gasteiger partial charge in [-0.05, 0) is 36.5 Å². The molecule has 0 amide bonds. The third-order valence-electron chi connectivity index (χ3n) is 4.96. The van der Waals surface area contributed by atoms with Crippen LogP contribution in [0.25, 0.3) is 11.0 Å². The van der Waals surface area contributed by atoms with E-state index in [4.69, 9.17) is 12.2 Å². The van der Waals surface area contributed by atoms with E-state index in [-0.39, 0.29) is 5.82 Å². The minimum absolute atomic E-state index is 0.146. The first-order valence-electron chi connectivity index (χ1n) is 8.51. The molecule has 1 saturated heterocycles. The lowest BCUT2D eigenvalue weighted by atomic mass is 10.2. The van der Waals surface area contributed by atoms with Crippen molar-refractivity contribution in [3.8, 4) is 0 Å². The summed E-state index contributed by atoms with van der Waals surface area (Å²) in [5, 5.41) is 0. The van der Waals surface area contributed by atoms with Crippen molar-refractivity contribution >= 4 is 28.9 Å². The molecule has 1 aliphatic heterocycles. The van der Waals surface area contributed by atoms with E-state index < -0.39 is 0 Å². The highest BCUT2D eigenvalue weighted by atomic mass is 32.1. The van der Waals surface area contributed by atoms with Crippen molar-refractivity contribution in [2.75, 3.05) is 31.1 Å². The molecule has 3 aromatic rings. The average Bonchev–Trinajstić information content (AvgIpc) is 2.88. The van der Waals surface area contributed by atoms with E-state index in [0.29, 0.717) is 5.69 Å². The van der Waals surface area contributed by atoms with Crippen LogP contribution >= 0.6 is 12.2 Å². The maximum absolute atomic E-state index is 14.0. The van der Waals surface area contributed by atoms with Crippen molar-refractivity contribution in [2.24, 2.45) is 7.05 Å². The van der Waals surface area contributed by atoms with Gasteiger partial charge in [0.1, 0.15) is 5.82 Å². The van der Waals surface area contributed by atoms with Gasteiger partial charge in [-0.2, -0.15) is 0 Å². The molecule has 1 aliphatic rings. The first-order chi connectivity index (χ1) is 12.1. The molecule has 0 radical (unpaired) electrons. The zero-order valence-electron chi connectivity index (χ0n) is 14.2. The van der Waals surface area contributed by atoms with Gasteiger partial charge < -0.3 is 14.0 Å². The van der Waals surface area contributed by atoms with Crippen LogP contribution < -0.4 is 4.90 Å². The van der Waals surface area contributed by atoms with Gasteiger partial charge in [-0.25, -0.2) is 4.39 Å². The molecule has 0 saturated carbocycles. The average molecular weight is 356 g/mol. The van der Waals surface area contributed by atoms with Crippen molar-refractivity contribution in [1.29, 1.82) is 0 Å². The summed E-state index contributed by atoms with van der Waals surface area (Å²) < 4.78 is 19.0. The van der Waals surface area contributed by atoms with E-state index in [0.717, 1.165) is 48.7 Å². The number of anilines is 1. The van der Waals surface area contributed by atoms with Crippen LogP contribution in [0.1, 0.15) is 0 Å². The fourth-order valence-corrected chi connectivity index (χ4v) is 3.79. The lowest BCUT2D eigenvalue weighted by molar-refractivity contribution is 0.207. The van der Waals surface area contributed by atoms with Gasteiger partial charge >= 0.3 is 0 Å². The molecular formula is C19H21FN4S. The number of hydrogen-bond donors (Lipinski definition) is 0. The Labute approximate surface area is 151 Å². The maximum Gasteiger partial charge on any atom is 0.181 e. The van der Waals surface area contributed by atoms with E-state index >= 15 is 0 Å². The summed E-state index contributed by atoms with van der Waals surface area (Å²) in [6.45, 7) is 4.18. The predicted octanol–water partition coefficient (Wildman–Crippen LogP) is 3.63. The number of hydrogen-bond acceptors (Lipinski definition) is 3. The molecule has 25 heavy (non-hydrogen) atoms. The molecule has 0 unspecified atom stereocenters. The molecule has 1 aromatic heterocycles. The summed E-state index contributed by atoms with van der Waals surface area (Å²) in [5.41, 5.74) is 3.01. The fourth-order valence-electron chi connectivity index (χ4n) is 3.54. The summed E-state index contributed by atoms with van der Waals surface area (Å²) in [6.07, 6.45) is 0. The molecule has 0 bridgehead atoms.